The molecule has 2 aromatic rings. The van der Waals surface area contributed by atoms with Gasteiger partial charge in [0.2, 0.25) is 0 Å². The van der Waals surface area contributed by atoms with Crippen molar-refractivity contribution in [2.75, 3.05) is 17.8 Å². The molecule has 0 aromatic heterocycles. The van der Waals surface area contributed by atoms with Crippen LogP contribution in [0.2, 0.25) is 10.0 Å². The molecule has 0 unspecified atom stereocenters. The lowest BCUT2D eigenvalue weighted by Crippen LogP contribution is -2.36. The van der Waals surface area contributed by atoms with Crippen LogP contribution in [0.3, 0.4) is 0 Å². The summed E-state index contributed by atoms with van der Waals surface area (Å²) in [4.78, 5) is 14.6. The first-order valence-electron chi connectivity index (χ1n) is 8.66. The highest BCUT2D eigenvalue weighted by molar-refractivity contribution is 7.92. The van der Waals surface area contributed by atoms with Crippen LogP contribution in [0.15, 0.2) is 41.3 Å². The SMILES string of the molecule is Cc1ccc(S(=O)(=O)Nc2cc(Cl)ccc2C(=O)N2CCCCC2)cc1Cl. The lowest BCUT2D eigenvalue weighted by atomic mass is 10.1. The molecule has 1 aliphatic rings. The minimum Gasteiger partial charge on any atom is -0.339 e. The van der Waals surface area contributed by atoms with E-state index in [0.717, 1.165) is 24.8 Å². The number of sulfonamides is 1. The number of likely N-dealkylation sites (tertiary alicyclic amines) is 1. The highest BCUT2D eigenvalue weighted by Gasteiger charge is 2.24. The molecule has 3 rings (SSSR count). The van der Waals surface area contributed by atoms with E-state index in [1.165, 1.54) is 18.2 Å². The van der Waals surface area contributed by atoms with E-state index in [1.54, 1.807) is 30.0 Å². The van der Waals surface area contributed by atoms with Gasteiger partial charge in [0.1, 0.15) is 0 Å². The maximum absolute atomic E-state index is 12.9. The van der Waals surface area contributed by atoms with Crippen LogP contribution in [0, 0.1) is 6.92 Å². The average molecular weight is 427 g/mol. The summed E-state index contributed by atoms with van der Waals surface area (Å²) in [5.41, 5.74) is 1.22. The molecule has 0 atom stereocenters. The Bertz CT molecular complexity index is 971. The van der Waals surface area contributed by atoms with Gasteiger partial charge in [0.15, 0.2) is 0 Å². The van der Waals surface area contributed by atoms with Crippen LogP contribution < -0.4 is 4.72 Å². The Morgan fingerprint density at radius 3 is 2.41 bits per heavy atom. The molecule has 8 heteroatoms. The molecular formula is C19H20Cl2N2O3S. The number of anilines is 1. The van der Waals surface area contributed by atoms with Gasteiger partial charge >= 0.3 is 0 Å². The predicted molar refractivity (Wildman–Crippen MR) is 108 cm³/mol. The number of halogens is 2. The van der Waals surface area contributed by atoms with E-state index >= 15 is 0 Å². The number of amides is 1. The van der Waals surface area contributed by atoms with Crippen LogP contribution in [0.25, 0.3) is 0 Å². The van der Waals surface area contributed by atoms with Crippen molar-refractivity contribution in [2.24, 2.45) is 0 Å². The molecule has 5 nitrogen and oxygen atoms in total. The number of benzene rings is 2. The van der Waals surface area contributed by atoms with Crippen molar-refractivity contribution in [1.29, 1.82) is 0 Å². The average Bonchev–Trinajstić information content (AvgIpc) is 2.64. The van der Waals surface area contributed by atoms with Gasteiger partial charge in [0.05, 0.1) is 16.1 Å². The number of carbonyl (C=O) groups is 1. The topological polar surface area (TPSA) is 66.5 Å². The fraction of sp³-hybridized carbons (Fsp3) is 0.316. The maximum atomic E-state index is 12.9. The van der Waals surface area contributed by atoms with E-state index in [9.17, 15) is 13.2 Å². The summed E-state index contributed by atoms with van der Waals surface area (Å²) in [6, 6.07) is 9.08. The van der Waals surface area contributed by atoms with Gasteiger partial charge < -0.3 is 4.90 Å². The Morgan fingerprint density at radius 1 is 1.04 bits per heavy atom. The third-order valence-corrected chi connectivity index (χ3v) is 6.56. The Kier molecular flexibility index (Phi) is 5.99. The normalized spacial score (nSPS) is 14.9. The monoisotopic (exact) mass is 426 g/mol. The van der Waals surface area contributed by atoms with E-state index < -0.39 is 10.0 Å². The Labute approximate surface area is 169 Å². The molecule has 1 saturated heterocycles. The fourth-order valence-corrected chi connectivity index (χ4v) is 4.51. The number of hydrogen-bond acceptors (Lipinski definition) is 3. The van der Waals surface area contributed by atoms with Crippen LogP contribution in [0.5, 0.6) is 0 Å². The van der Waals surface area contributed by atoms with Crippen LogP contribution in [0.4, 0.5) is 5.69 Å². The van der Waals surface area contributed by atoms with Gasteiger partial charge in [-0.15, -0.1) is 0 Å². The molecule has 2 aromatic carbocycles. The van der Waals surface area contributed by atoms with Crippen molar-refractivity contribution >= 4 is 44.8 Å². The molecule has 0 bridgehead atoms. The van der Waals surface area contributed by atoms with Gasteiger partial charge in [-0.05, 0) is 62.1 Å². The van der Waals surface area contributed by atoms with Gasteiger partial charge in [-0.3, -0.25) is 9.52 Å². The van der Waals surface area contributed by atoms with Gasteiger partial charge in [-0.1, -0.05) is 29.3 Å². The van der Waals surface area contributed by atoms with E-state index in [1.807, 2.05) is 0 Å². The molecule has 0 spiro atoms. The highest BCUT2D eigenvalue weighted by Crippen LogP contribution is 2.27. The van der Waals surface area contributed by atoms with Gasteiger partial charge in [-0.25, -0.2) is 8.42 Å². The third kappa shape index (κ3) is 4.57. The standard InChI is InChI=1S/C19H20Cl2N2O3S/c1-13-5-7-15(12-17(13)21)27(25,26)22-18-11-14(20)6-8-16(18)19(24)23-9-3-2-4-10-23/h5-8,11-12,22H,2-4,9-10H2,1H3. The second-order valence-electron chi connectivity index (χ2n) is 6.56. The van der Waals surface area contributed by atoms with Crippen molar-refractivity contribution in [3.05, 3.63) is 57.6 Å². The molecule has 1 amide bonds. The summed E-state index contributed by atoms with van der Waals surface area (Å²) in [6.45, 7) is 3.13. The van der Waals surface area contributed by atoms with E-state index in [2.05, 4.69) is 4.72 Å². The first-order chi connectivity index (χ1) is 12.8. The zero-order chi connectivity index (χ0) is 19.6. The van der Waals surface area contributed by atoms with Gasteiger partial charge in [0.25, 0.3) is 15.9 Å². The summed E-state index contributed by atoms with van der Waals surface area (Å²) in [5, 5.41) is 0.693. The number of rotatable bonds is 4. The summed E-state index contributed by atoms with van der Waals surface area (Å²) in [5.74, 6) is -0.203. The number of nitrogens with one attached hydrogen (secondary N) is 1. The number of hydrogen-bond donors (Lipinski definition) is 1. The molecule has 1 N–H and O–H groups in total. The molecule has 1 heterocycles. The predicted octanol–water partition coefficient (Wildman–Crippen LogP) is 4.73. The van der Waals surface area contributed by atoms with Crippen molar-refractivity contribution < 1.29 is 13.2 Å². The van der Waals surface area contributed by atoms with Gasteiger partial charge in [-0.2, -0.15) is 0 Å². The summed E-state index contributed by atoms with van der Waals surface area (Å²) >= 11 is 12.1. The number of piperidine rings is 1. The minimum absolute atomic E-state index is 0.0226. The number of aryl methyl sites for hydroxylation is 1. The van der Waals surface area contributed by atoms with Crippen LogP contribution >= 0.6 is 23.2 Å². The van der Waals surface area contributed by atoms with Crippen LogP contribution in [0.1, 0.15) is 35.2 Å². The lowest BCUT2D eigenvalue weighted by molar-refractivity contribution is 0.0725. The molecule has 27 heavy (non-hydrogen) atoms. The summed E-state index contributed by atoms with van der Waals surface area (Å²) < 4.78 is 28.1. The Morgan fingerprint density at radius 2 is 1.74 bits per heavy atom. The number of carbonyl (C=O) groups excluding carboxylic acids is 1. The summed E-state index contributed by atoms with van der Waals surface area (Å²) in [7, 11) is -3.92. The fourth-order valence-electron chi connectivity index (χ4n) is 3.00. The number of nitrogens with zero attached hydrogens (tertiary/aromatic N) is 1. The maximum Gasteiger partial charge on any atom is 0.261 e. The van der Waals surface area contributed by atoms with Crippen molar-refractivity contribution in [2.45, 2.75) is 31.1 Å². The molecule has 1 aliphatic heterocycles. The highest BCUT2D eigenvalue weighted by atomic mass is 35.5. The van der Waals surface area contributed by atoms with E-state index in [0.29, 0.717) is 23.1 Å². The van der Waals surface area contributed by atoms with Crippen molar-refractivity contribution in [3.8, 4) is 0 Å². The minimum atomic E-state index is -3.92. The van der Waals surface area contributed by atoms with Crippen molar-refractivity contribution in [3.63, 3.8) is 0 Å². The van der Waals surface area contributed by atoms with Crippen LogP contribution in [-0.4, -0.2) is 32.3 Å². The Balaban J connectivity index is 1.94. The smallest absolute Gasteiger partial charge is 0.261 e. The zero-order valence-electron chi connectivity index (χ0n) is 14.8. The molecule has 144 valence electrons. The third-order valence-electron chi connectivity index (χ3n) is 4.55. The molecule has 0 aliphatic carbocycles. The van der Waals surface area contributed by atoms with E-state index in [4.69, 9.17) is 23.2 Å². The second kappa shape index (κ2) is 8.09. The Hall–Kier alpha value is -1.76. The first-order valence-corrected chi connectivity index (χ1v) is 10.9. The summed E-state index contributed by atoms with van der Waals surface area (Å²) in [6.07, 6.45) is 2.99. The quantitative estimate of drug-likeness (QED) is 0.767. The lowest BCUT2D eigenvalue weighted by Gasteiger charge is -2.27. The van der Waals surface area contributed by atoms with Crippen LogP contribution in [-0.2, 0) is 10.0 Å². The van der Waals surface area contributed by atoms with E-state index in [-0.39, 0.29) is 22.1 Å². The molecule has 1 fully saturated rings. The largest absolute Gasteiger partial charge is 0.339 e. The van der Waals surface area contributed by atoms with Gasteiger partial charge in [0, 0.05) is 23.1 Å². The molecule has 0 saturated carbocycles. The first kappa shape index (κ1) is 20.0. The second-order valence-corrected chi connectivity index (χ2v) is 9.09. The molecule has 0 radical (unpaired) electrons. The molecular weight excluding hydrogens is 407 g/mol. The zero-order valence-corrected chi connectivity index (χ0v) is 17.2. The van der Waals surface area contributed by atoms with Crippen molar-refractivity contribution in [1.82, 2.24) is 4.90 Å².